The smallest absolute Gasteiger partial charge is 0.264 e. The molecule has 1 aliphatic rings. The molecule has 0 spiro atoms. The molecule has 0 bridgehead atoms. The van der Waals surface area contributed by atoms with Crippen LogP contribution in [0.1, 0.15) is 16.7 Å². The first-order valence-corrected chi connectivity index (χ1v) is 11.0. The van der Waals surface area contributed by atoms with Gasteiger partial charge < -0.3 is 10.1 Å². The number of rotatable bonds is 4. The molecule has 1 fully saturated rings. The number of amides is 1. The number of aliphatic imine (C=N–C) groups is 1. The lowest BCUT2D eigenvalue weighted by atomic mass is 10.1. The quantitative estimate of drug-likeness (QED) is 0.421. The van der Waals surface area contributed by atoms with E-state index < -0.39 is 0 Å². The van der Waals surface area contributed by atoms with E-state index in [0.29, 0.717) is 15.8 Å². The summed E-state index contributed by atoms with van der Waals surface area (Å²) in [5, 5.41) is 3.42. The Morgan fingerprint density at radius 2 is 1.67 bits per heavy atom. The molecule has 30 heavy (non-hydrogen) atoms. The number of carbonyl (C=O) groups is 1. The zero-order valence-electron chi connectivity index (χ0n) is 16.5. The van der Waals surface area contributed by atoms with Gasteiger partial charge in [0.2, 0.25) is 0 Å². The summed E-state index contributed by atoms with van der Waals surface area (Å²) in [7, 11) is 0. The van der Waals surface area contributed by atoms with Crippen molar-refractivity contribution in [3.8, 4) is 11.5 Å². The highest BCUT2D eigenvalue weighted by Crippen LogP contribution is 2.31. The highest BCUT2D eigenvalue weighted by Gasteiger charge is 2.24. The maximum absolute atomic E-state index is 12.4. The SMILES string of the molecule is Cc1cc(N=C2NC(=O)/C(=C/c3cccc(Oc4ccccc4)c3)S2)cc(C)c1Br. The molecule has 3 aromatic rings. The first-order chi connectivity index (χ1) is 14.5. The van der Waals surface area contributed by atoms with Crippen molar-refractivity contribution in [2.24, 2.45) is 4.99 Å². The molecule has 0 unspecified atom stereocenters. The van der Waals surface area contributed by atoms with Crippen LogP contribution in [0.5, 0.6) is 11.5 Å². The lowest BCUT2D eigenvalue weighted by Gasteiger charge is -2.06. The van der Waals surface area contributed by atoms with E-state index in [2.05, 4.69) is 26.2 Å². The minimum Gasteiger partial charge on any atom is -0.457 e. The summed E-state index contributed by atoms with van der Waals surface area (Å²) in [6.45, 7) is 4.05. The molecule has 150 valence electrons. The van der Waals surface area contributed by atoms with Gasteiger partial charge in [-0.3, -0.25) is 4.79 Å². The number of hydrogen-bond donors (Lipinski definition) is 1. The molecule has 6 heteroatoms. The van der Waals surface area contributed by atoms with Crippen molar-refractivity contribution in [1.82, 2.24) is 5.32 Å². The first-order valence-electron chi connectivity index (χ1n) is 9.37. The highest BCUT2D eigenvalue weighted by molar-refractivity contribution is 9.10. The predicted octanol–water partition coefficient (Wildman–Crippen LogP) is 6.75. The van der Waals surface area contributed by atoms with Crippen molar-refractivity contribution < 1.29 is 9.53 Å². The fraction of sp³-hybridized carbons (Fsp3) is 0.0833. The van der Waals surface area contributed by atoms with Crippen molar-refractivity contribution in [3.05, 3.63) is 92.8 Å². The van der Waals surface area contributed by atoms with Gasteiger partial charge in [0.1, 0.15) is 11.5 Å². The maximum Gasteiger partial charge on any atom is 0.264 e. The lowest BCUT2D eigenvalue weighted by molar-refractivity contribution is -0.115. The number of halogens is 1. The Labute approximate surface area is 188 Å². The third-order valence-electron chi connectivity index (χ3n) is 4.44. The van der Waals surface area contributed by atoms with Crippen LogP contribution in [0.15, 0.2) is 81.1 Å². The molecule has 1 amide bonds. The molecule has 0 aromatic heterocycles. The molecular formula is C24H19BrN2O2S. The van der Waals surface area contributed by atoms with Gasteiger partial charge in [0.15, 0.2) is 5.17 Å². The third-order valence-corrected chi connectivity index (χ3v) is 6.60. The van der Waals surface area contributed by atoms with Gasteiger partial charge in [0.25, 0.3) is 5.91 Å². The zero-order valence-corrected chi connectivity index (χ0v) is 18.9. The number of nitrogens with one attached hydrogen (secondary N) is 1. The topological polar surface area (TPSA) is 50.7 Å². The predicted molar refractivity (Wildman–Crippen MR) is 127 cm³/mol. The third kappa shape index (κ3) is 4.83. The molecule has 0 aliphatic carbocycles. The lowest BCUT2D eigenvalue weighted by Crippen LogP contribution is -2.19. The molecule has 4 nitrogen and oxygen atoms in total. The van der Waals surface area contributed by atoms with Gasteiger partial charge in [0, 0.05) is 4.47 Å². The molecule has 1 saturated heterocycles. The second-order valence-electron chi connectivity index (χ2n) is 6.86. The Morgan fingerprint density at radius 3 is 2.40 bits per heavy atom. The van der Waals surface area contributed by atoms with E-state index in [1.54, 1.807) is 0 Å². The van der Waals surface area contributed by atoms with Gasteiger partial charge in [-0.2, -0.15) is 0 Å². The van der Waals surface area contributed by atoms with Crippen LogP contribution in [0, 0.1) is 13.8 Å². The van der Waals surface area contributed by atoms with Crippen LogP contribution in [0.25, 0.3) is 6.08 Å². The van der Waals surface area contributed by atoms with Crippen molar-refractivity contribution in [1.29, 1.82) is 0 Å². The van der Waals surface area contributed by atoms with Gasteiger partial charge in [0.05, 0.1) is 10.6 Å². The number of amidine groups is 1. The van der Waals surface area contributed by atoms with E-state index in [1.807, 2.05) is 86.7 Å². The van der Waals surface area contributed by atoms with Crippen molar-refractivity contribution in [3.63, 3.8) is 0 Å². The number of nitrogens with zero attached hydrogens (tertiary/aromatic N) is 1. The fourth-order valence-corrected chi connectivity index (χ4v) is 4.10. The van der Waals surface area contributed by atoms with Crippen LogP contribution in [0.2, 0.25) is 0 Å². The molecule has 0 atom stereocenters. The second-order valence-corrected chi connectivity index (χ2v) is 8.69. The summed E-state index contributed by atoms with van der Waals surface area (Å²) in [5.41, 5.74) is 3.91. The fourth-order valence-electron chi connectivity index (χ4n) is 3.03. The zero-order chi connectivity index (χ0) is 21.1. The molecule has 0 radical (unpaired) electrons. The van der Waals surface area contributed by atoms with E-state index in [4.69, 9.17) is 4.74 Å². The number of ether oxygens (including phenoxy) is 1. The summed E-state index contributed by atoms with van der Waals surface area (Å²) in [6.07, 6.45) is 1.85. The Morgan fingerprint density at radius 1 is 0.967 bits per heavy atom. The number of para-hydroxylation sites is 1. The summed E-state index contributed by atoms with van der Waals surface area (Å²) in [6, 6.07) is 21.2. The average Bonchev–Trinajstić information content (AvgIpc) is 3.05. The molecule has 1 aliphatic heterocycles. The molecule has 0 saturated carbocycles. The van der Waals surface area contributed by atoms with Gasteiger partial charge in [-0.1, -0.05) is 46.3 Å². The number of aryl methyl sites for hydroxylation is 2. The maximum atomic E-state index is 12.4. The number of hydrogen-bond acceptors (Lipinski definition) is 4. The Bertz CT molecular complexity index is 1150. The second kappa shape index (κ2) is 8.90. The molecule has 1 heterocycles. The van der Waals surface area contributed by atoms with E-state index in [9.17, 15) is 4.79 Å². The minimum absolute atomic E-state index is 0.154. The Balaban J connectivity index is 1.54. The van der Waals surface area contributed by atoms with Crippen LogP contribution in [-0.4, -0.2) is 11.1 Å². The van der Waals surface area contributed by atoms with E-state index in [1.165, 1.54) is 11.8 Å². The first kappa shape index (κ1) is 20.4. The summed E-state index contributed by atoms with van der Waals surface area (Å²) in [4.78, 5) is 17.6. The van der Waals surface area contributed by atoms with Gasteiger partial charge in [-0.15, -0.1) is 0 Å². The van der Waals surface area contributed by atoms with Crippen LogP contribution in [0.3, 0.4) is 0 Å². The normalized spacial score (nSPS) is 16.2. The number of carbonyl (C=O) groups excluding carboxylic acids is 1. The van der Waals surface area contributed by atoms with Crippen LogP contribution in [-0.2, 0) is 4.79 Å². The van der Waals surface area contributed by atoms with Crippen LogP contribution < -0.4 is 10.1 Å². The summed E-state index contributed by atoms with van der Waals surface area (Å²) < 4.78 is 6.95. The Hall–Kier alpha value is -2.83. The van der Waals surface area contributed by atoms with Crippen LogP contribution >= 0.6 is 27.7 Å². The van der Waals surface area contributed by atoms with Gasteiger partial charge >= 0.3 is 0 Å². The van der Waals surface area contributed by atoms with Gasteiger partial charge in [-0.05, 0) is 84.8 Å². The van der Waals surface area contributed by atoms with E-state index in [0.717, 1.165) is 32.6 Å². The van der Waals surface area contributed by atoms with Crippen molar-refractivity contribution >= 4 is 50.5 Å². The molecule has 1 N–H and O–H groups in total. The van der Waals surface area contributed by atoms with Crippen molar-refractivity contribution in [2.45, 2.75) is 13.8 Å². The van der Waals surface area contributed by atoms with Crippen LogP contribution in [0.4, 0.5) is 5.69 Å². The minimum atomic E-state index is -0.154. The molecule has 3 aromatic carbocycles. The number of benzene rings is 3. The highest BCUT2D eigenvalue weighted by atomic mass is 79.9. The monoisotopic (exact) mass is 478 g/mol. The van der Waals surface area contributed by atoms with E-state index >= 15 is 0 Å². The van der Waals surface area contributed by atoms with Crippen molar-refractivity contribution in [2.75, 3.05) is 0 Å². The largest absolute Gasteiger partial charge is 0.457 e. The van der Waals surface area contributed by atoms with E-state index in [-0.39, 0.29) is 5.91 Å². The van der Waals surface area contributed by atoms with Gasteiger partial charge in [-0.25, -0.2) is 4.99 Å². The standard InChI is InChI=1S/C24H19BrN2O2S/c1-15-11-18(12-16(2)22(15)25)26-24-27-23(28)21(30-24)14-17-7-6-10-20(13-17)29-19-8-4-3-5-9-19/h3-14H,1-2H3,(H,26,27,28)/b21-14-. The average molecular weight is 479 g/mol. The molecule has 4 rings (SSSR count). The molecular weight excluding hydrogens is 460 g/mol. The number of thioether (sulfide) groups is 1. The Kier molecular flexibility index (Phi) is 6.06. The summed E-state index contributed by atoms with van der Waals surface area (Å²) >= 11 is 4.90. The summed E-state index contributed by atoms with van der Waals surface area (Å²) in [5.74, 6) is 1.33.